The van der Waals surface area contributed by atoms with Gasteiger partial charge < -0.3 is 21.8 Å². The fourth-order valence-corrected chi connectivity index (χ4v) is 4.13. The first-order valence-corrected chi connectivity index (χ1v) is 10.9. The van der Waals surface area contributed by atoms with Crippen molar-refractivity contribution in [2.75, 3.05) is 17.7 Å². The molecular weight excluding hydrogens is 418 g/mol. The summed E-state index contributed by atoms with van der Waals surface area (Å²) in [5.74, 6) is 6.44. The number of pyridine rings is 1. The van der Waals surface area contributed by atoms with Crippen LogP contribution >= 0.6 is 0 Å². The Bertz CT molecular complexity index is 1170. The van der Waals surface area contributed by atoms with Crippen LogP contribution in [0.1, 0.15) is 58.9 Å². The summed E-state index contributed by atoms with van der Waals surface area (Å²) < 4.78 is 1.31. The molecule has 0 radical (unpaired) electrons. The number of carbonyl (C=O) groups is 2. The maximum Gasteiger partial charge on any atom is 0.269 e. The highest BCUT2D eigenvalue weighted by molar-refractivity contribution is 6.04. The molecule has 9 nitrogen and oxygen atoms in total. The van der Waals surface area contributed by atoms with Crippen molar-refractivity contribution in [2.24, 2.45) is 5.73 Å². The van der Waals surface area contributed by atoms with Crippen LogP contribution in [0.15, 0.2) is 60.9 Å². The van der Waals surface area contributed by atoms with E-state index in [1.165, 1.54) is 4.68 Å². The Kier molecular flexibility index (Phi) is 6.39. The van der Waals surface area contributed by atoms with Gasteiger partial charge in [0, 0.05) is 23.9 Å². The van der Waals surface area contributed by atoms with E-state index in [0.29, 0.717) is 28.5 Å². The number of rotatable bonds is 6. The van der Waals surface area contributed by atoms with Gasteiger partial charge in [0.25, 0.3) is 11.8 Å². The Balaban J connectivity index is 1.65. The molecule has 1 aliphatic rings. The summed E-state index contributed by atoms with van der Waals surface area (Å²) in [5.41, 5.74) is 7.32. The highest BCUT2D eigenvalue weighted by Gasteiger charge is 2.30. The van der Waals surface area contributed by atoms with E-state index in [4.69, 9.17) is 16.6 Å². The normalized spacial score (nSPS) is 16.2. The van der Waals surface area contributed by atoms with Gasteiger partial charge in [0.1, 0.15) is 11.5 Å². The van der Waals surface area contributed by atoms with Crippen LogP contribution in [0.4, 0.5) is 5.82 Å². The van der Waals surface area contributed by atoms with Crippen LogP contribution in [0.2, 0.25) is 0 Å². The van der Waals surface area contributed by atoms with E-state index >= 15 is 0 Å². The largest absolute Gasteiger partial charge is 0.368 e. The van der Waals surface area contributed by atoms with Crippen LogP contribution in [0.3, 0.4) is 0 Å². The van der Waals surface area contributed by atoms with E-state index in [9.17, 15) is 9.59 Å². The monoisotopic (exact) mass is 445 g/mol. The minimum atomic E-state index is -0.656. The predicted octanol–water partition coefficient (Wildman–Crippen LogP) is 3.07. The summed E-state index contributed by atoms with van der Waals surface area (Å²) in [4.78, 5) is 35.8. The number of likely N-dealkylation sites (tertiary alicyclic amines) is 1. The molecule has 2 amide bonds. The third kappa shape index (κ3) is 4.57. The summed E-state index contributed by atoms with van der Waals surface area (Å²) in [6.45, 7) is 2.86. The quantitative estimate of drug-likeness (QED) is 0.500. The molecule has 1 saturated heterocycles. The molecule has 1 aliphatic heterocycles. The molecular formula is C24H27N7O2. The number of hydrogen-bond donors (Lipinski definition) is 3. The molecule has 0 aliphatic carbocycles. The van der Waals surface area contributed by atoms with E-state index in [1.54, 1.807) is 48.7 Å². The molecule has 1 aromatic carbocycles. The van der Waals surface area contributed by atoms with Crippen molar-refractivity contribution >= 4 is 17.6 Å². The molecule has 0 bridgehead atoms. The molecule has 5 N–H and O–H groups in total. The van der Waals surface area contributed by atoms with Crippen LogP contribution in [-0.4, -0.2) is 37.9 Å². The number of nitrogens with one attached hydrogen (secondary N) is 1. The average Bonchev–Trinajstić information content (AvgIpc) is 3.17. The Labute approximate surface area is 192 Å². The minimum Gasteiger partial charge on any atom is -0.368 e. The van der Waals surface area contributed by atoms with Crippen LogP contribution in [0.25, 0.3) is 11.3 Å². The number of benzene rings is 1. The summed E-state index contributed by atoms with van der Waals surface area (Å²) in [6, 6.07) is 12.0. The zero-order valence-electron chi connectivity index (χ0n) is 18.4. The molecule has 1 atom stereocenters. The summed E-state index contributed by atoms with van der Waals surface area (Å²) in [7, 11) is 0. The summed E-state index contributed by atoms with van der Waals surface area (Å²) >= 11 is 0. The lowest BCUT2D eigenvalue weighted by atomic mass is 10.0. The van der Waals surface area contributed by atoms with Crippen molar-refractivity contribution in [3.8, 4) is 11.3 Å². The van der Waals surface area contributed by atoms with E-state index < -0.39 is 5.91 Å². The number of allylic oxidation sites excluding steroid dienone is 1. The zero-order valence-corrected chi connectivity index (χ0v) is 18.4. The number of nitrogen functional groups attached to an aromatic ring is 1. The molecule has 33 heavy (non-hydrogen) atoms. The fourth-order valence-electron chi connectivity index (χ4n) is 4.13. The van der Waals surface area contributed by atoms with Gasteiger partial charge in [-0.15, -0.1) is 0 Å². The number of carbonyl (C=O) groups excluding carboxylic acids is 2. The highest BCUT2D eigenvalue weighted by atomic mass is 16.2. The Morgan fingerprint density at radius 1 is 1.15 bits per heavy atom. The summed E-state index contributed by atoms with van der Waals surface area (Å²) in [5, 5.41) is 2.74. The van der Waals surface area contributed by atoms with E-state index in [-0.39, 0.29) is 17.6 Å². The van der Waals surface area contributed by atoms with E-state index in [0.717, 1.165) is 25.8 Å². The predicted molar refractivity (Wildman–Crippen MR) is 127 cm³/mol. The maximum absolute atomic E-state index is 12.5. The van der Waals surface area contributed by atoms with Crippen molar-refractivity contribution in [3.63, 3.8) is 0 Å². The molecule has 4 rings (SSSR count). The van der Waals surface area contributed by atoms with Gasteiger partial charge in [0.15, 0.2) is 11.5 Å². The smallest absolute Gasteiger partial charge is 0.269 e. The van der Waals surface area contributed by atoms with Crippen molar-refractivity contribution in [1.29, 1.82) is 0 Å². The number of amides is 2. The first kappa shape index (κ1) is 22.1. The molecule has 170 valence electrons. The number of aromatic nitrogens is 3. The zero-order chi connectivity index (χ0) is 23.4. The molecule has 1 fully saturated rings. The van der Waals surface area contributed by atoms with Crippen molar-refractivity contribution in [3.05, 3.63) is 78.0 Å². The van der Waals surface area contributed by atoms with Crippen molar-refractivity contribution in [2.45, 2.75) is 32.2 Å². The van der Waals surface area contributed by atoms with E-state index in [2.05, 4.69) is 15.2 Å². The standard InChI is InChI=1S/C24H27N7O2/c1-2-14-30-15-6-4-7-18(30)23-29-20(21(22(25)32)31(23)26)16-9-11-17(12-10-16)24(33)28-19-8-3-5-13-27-19/h2-3,5,8-14,18H,4,6-7,15,26H2,1H3,(H2,25,32)(H,27,28,33). The minimum absolute atomic E-state index is 0.0461. The van der Waals surface area contributed by atoms with Gasteiger partial charge in [-0.1, -0.05) is 24.3 Å². The molecule has 3 heterocycles. The molecule has 0 saturated carbocycles. The lowest BCUT2D eigenvalue weighted by Gasteiger charge is -2.34. The second kappa shape index (κ2) is 9.56. The maximum atomic E-state index is 12.5. The number of nitrogens with two attached hydrogens (primary N) is 2. The second-order valence-electron chi connectivity index (χ2n) is 7.88. The fraction of sp³-hybridized carbons (Fsp3) is 0.250. The van der Waals surface area contributed by atoms with Gasteiger partial charge in [-0.2, -0.15) is 0 Å². The lowest BCUT2D eigenvalue weighted by Crippen LogP contribution is -2.33. The Morgan fingerprint density at radius 2 is 1.94 bits per heavy atom. The SMILES string of the molecule is CC=CN1CCCCC1c1nc(-c2ccc(C(=O)Nc3ccccn3)cc2)c(C(N)=O)n1N. The summed E-state index contributed by atoms with van der Waals surface area (Å²) in [6.07, 6.45) is 8.62. The number of anilines is 1. The van der Waals surface area contributed by atoms with Crippen LogP contribution in [-0.2, 0) is 0 Å². The van der Waals surface area contributed by atoms with Gasteiger partial charge in [0.2, 0.25) is 0 Å². The van der Waals surface area contributed by atoms with Crippen molar-refractivity contribution < 1.29 is 9.59 Å². The third-order valence-electron chi connectivity index (χ3n) is 5.68. The first-order chi connectivity index (χ1) is 16.0. The third-order valence-corrected chi connectivity index (χ3v) is 5.68. The lowest BCUT2D eigenvalue weighted by molar-refractivity contribution is 0.0990. The Morgan fingerprint density at radius 3 is 2.61 bits per heavy atom. The number of imidazole rings is 1. The van der Waals surface area contributed by atoms with Gasteiger partial charge in [-0.25, -0.2) is 14.6 Å². The average molecular weight is 446 g/mol. The highest BCUT2D eigenvalue weighted by Crippen LogP contribution is 2.33. The van der Waals surface area contributed by atoms with Gasteiger partial charge in [-0.3, -0.25) is 9.59 Å². The number of hydrogen-bond acceptors (Lipinski definition) is 6. The molecule has 3 aromatic rings. The second-order valence-corrected chi connectivity index (χ2v) is 7.88. The van der Waals surface area contributed by atoms with Crippen LogP contribution in [0, 0.1) is 0 Å². The van der Waals surface area contributed by atoms with Crippen LogP contribution < -0.4 is 16.9 Å². The Hall–Kier alpha value is -4.14. The van der Waals surface area contributed by atoms with Crippen LogP contribution in [0.5, 0.6) is 0 Å². The number of nitrogens with zero attached hydrogens (tertiary/aromatic N) is 4. The number of primary amides is 1. The molecule has 9 heteroatoms. The topological polar surface area (TPSA) is 132 Å². The van der Waals surface area contributed by atoms with E-state index in [1.807, 2.05) is 19.2 Å². The first-order valence-electron chi connectivity index (χ1n) is 10.9. The molecule has 1 unspecified atom stereocenters. The van der Waals surface area contributed by atoms with Gasteiger partial charge >= 0.3 is 0 Å². The molecule has 2 aromatic heterocycles. The number of piperidine rings is 1. The molecule has 0 spiro atoms. The van der Waals surface area contributed by atoms with Crippen molar-refractivity contribution in [1.82, 2.24) is 19.5 Å². The van der Waals surface area contributed by atoms with Gasteiger partial charge in [-0.05, 0) is 56.7 Å². The van der Waals surface area contributed by atoms with Gasteiger partial charge in [0.05, 0.1) is 6.04 Å².